The first-order chi connectivity index (χ1) is 10.9. The molecule has 0 aliphatic carbocycles. The molecule has 2 aromatic rings. The summed E-state index contributed by atoms with van der Waals surface area (Å²) in [4.78, 5) is 21.0. The van der Waals surface area contributed by atoms with Crippen molar-refractivity contribution in [1.29, 1.82) is 0 Å². The minimum absolute atomic E-state index is 0.0725. The predicted octanol–water partition coefficient (Wildman–Crippen LogP) is 2.53. The van der Waals surface area contributed by atoms with Crippen LogP contribution >= 0.6 is 0 Å². The molecule has 0 atom stereocenters. The summed E-state index contributed by atoms with van der Waals surface area (Å²) in [6.07, 6.45) is 6.56. The molecule has 0 bridgehead atoms. The first kappa shape index (κ1) is 16.7. The number of carboxylic acids is 1. The Balaban J connectivity index is 2.21. The molecule has 0 saturated heterocycles. The molecule has 122 valence electrons. The third-order valence-corrected chi connectivity index (χ3v) is 3.20. The maximum atomic E-state index is 10.9. The SMILES string of the molecule is C=C(C)CN(Cc1cnn(C(C)C)c1)c1cnc(C(=O)O)cn1. The highest BCUT2D eigenvalue weighted by Crippen LogP contribution is 2.16. The van der Waals surface area contributed by atoms with Gasteiger partial charge in [-0.2, -0.15) is 5.10 Å². The lowest BCUT2D eigenvalue weighted by Crippen LogP contribution is -2.25. The summed E-state index contributed by atoms with van der Waals surface area (Å²) >= 11 is 0. The van der Waals surface area contributed by atoms with E-state index in [0.29, 0.717) is 24.9 Å². The summed E-state index contributed by atoms with van der Waals surface area (Å²) < 4.78 is 1.90. The van der Waals surface area contributed by atoms with Crippen LogP contribution in [0.5, 0.6) is 0 Å². The zero-order chi connectivity index (χ0) is 17.0. The number of hydrogen-bond acceptors (Lipinski definition) is 5. The molecule has 1 N–H and O–H groups in total. The third kappa shape index (κ3) is 4.38. The summed E-state index contributed by atoms with van der Waals surface area (Å²) in [5.41, 5.74) is 1.95. The van der Waals surface area contributed by atoms with E-state index in [1.165, 1.54) is 12.4 Å². The molecule has 7 heteroatoms. The molecule has 23 heavy (non-hydrogen) atoms. The Labute approximate surface area is 135 Å². The molecule has 0 spiro atoms. The number of hydrogen-bond donors (Lipinski definition) is 1. The first-order valence-electron chi connectivity index (χ1n) is 7.34. The fraction of sp³-hybridized carbons (Fsp3) is 0.375. The van der Waals surface area contributed by atoms with Crippen molar-refractivity contribution in [3.05, 3.63) is 48.2 Å². The largest absolute Gasteiger partial charge is 0.476 e. The second-order valence-electron chi connectivity index (χ2n) is 5.80. The lowest BCUT2D eigenvalue weighted by Gasteiger charge is -2.23. The number of carbonyl (C=O) groups is 1. The highest BCUT2D eigenvalue weighted by Gasteiger charge is 2.13. The van der Waals surface area contributed by atoms with E-state index in [2.05, 4.69) is 35.5 Å². The third-order valence-electron chi connectivity index (χ3n) is 3.20. The highest BCUT2D eigenvalue weighted by atomic mass is 16.4. The number of aromatic carboxylic acids is 1. The van der Waals surface area contributed by atoms with Crippen LogP contribution in [0, 0.1) is 0 Å². The Kier molecular flexibility index (Phi) is 5.10. The Morgan fingerprint density at radius 2 is 2.09 bits per heavy atom. The van der Waals surface area contributed by atoms with Gasteiger partial charge in [-0.1, -0.05) is 12.2 Å². The van der Waals surface area contributed by atoms with Crippen LogP contribution in [0.1, 0.15) is 42.9 Å². The highest BCUT2D eigenvalue weighted by molar-refractivity contribution is 5.84. The van der Waals surface area contributed by atoms with E-state index in [9.17, 15) is 4.79 Å². The van der Waals surface area contributed by atoms with Gasteiger partial charge in [0.15, 0.2) is 5.69 Å². The summed E-state index contributed by atoms with van der Waals surface area (Å²) in [6, 6.07) is 0.299. The fourth-order valence-electron chi connectivity index (χ4n) is 2.10. The number of anilines is 1. The van der Waals surface area contributed by atoms with Gasteiger partial charge in [-0.15, -0.1) is 0 Å². The summed E-state index contributed by atoms with van der Waals surface area (Å²) in [6.45, 7) is 11.2. The molecule has 2 aromatic heterocycles. The van der Waals surface area contributed by atoms with Gasteiger partial charge < -0.3 is 10.0 Å². The number of carboxylic acid groups (broad SMARTS) is 1. The summed E-state index contributed by atoms with van der Waals surface area (Å²) in [5, 5.41) is 13.2. The van der Waals surface area contributed by atoms with E-state index in [-0.39, 0.29) is 5.69 Å². The van der Waals surface area contributed by atoms with Gasteiger partial charge in [0.2, 0.25) is 0 Å². The van der Waals surface area contributed by atoms with Gasteiger partial charge in [0.25, 0.3) is 0 Å². The lowest BCUT2D eigenvalue weighted by atomic mass is 10.2. The van der Waals surface area contributed by atoms with Gasteiger partial charge in [-0.05, 0) is 20.8 Å². The zero-order valence-corrected chi connectivity index (χ0v) is 13.6. The number of rotatable bonds is 7. The van der Waals surface area contributed by atoms with E-state index in [4.69, 9.17) is 5.11 Å². The molecule has 0 radical (unpaired) electrons. The van der Waals surface area contributed by atoms with E-state index < -0.39 is 5.97 Å². The van der Waals surface area contributed by atoms with Crippen LogP contribution in [0.15, 0.2) is 36.9 Å². The van der Waals surface area contributed by atoms with E-state index >= 15 is 0 Å². The van der Waals surface area contributed by atoms with Crippen LogP contribution in [0.3, 0.4) is 0 Å². The van der Waals surface area contributed by atoms with Gasteiger partial charge in [-0.3, -0.25) is 4.68 Å². The average Bonchev–Trinajstić information content (AvgIpc) is 2.95. The van der Waals surface area contributed by atoms with Crippen molar-refractivity contribution in [3.63, 3.8) is 0 Å². The van der Waals surface area contributed by atoms with Crippen molar-refractivity contribution in [2.24, 2.45) is 0 Å². The van der Waals surface area contributed by atoms with Crippen LogP contribution in [0.4, 0.5) is 5.82 Å². The van der Waals surface area contributed by atoms with E-state index in [1.54, 1.807) is 0 Å². The van der Waals surface area contributed by atoms with Gasteiger partial charge in [0, 0.05) is 30.9 Å². The number of nitrogens with zero attached hydrogens (tertiary/aromatic N) is 5. The first-order valence-corrected chi connectivity index (χ1v) is 7.34. The molecular formula is C16H21N5O2. The molecule has 0 saturated carbocycles. The molecule has 0 fully saturated rings. The Morgan fingerprint density at radius 3 is 2.57 bits per heavy atom. The van der Waals surface area contributed by atoms with Gasteiger partial charge >= 0.3 is 5.97 Å². The molecule has 0 aliphatic rings. The zero-order valence-electron chi connectivity index (χ0n) is 13.6. The minimum atomic E-state index is -1.09. The summed E-state index contributed by atoms with van der Waals surface area (Å²) in [5.74, 6) is -0.482. The van der Waals surface area contributed by atoms with Crippen molar-refractivity contribution in [1.82, 2.24) is 19.7 Å². The smallest absolute Gasteiger partial charge is 0.356 e. The lowest BCUT2D eigenvalue weighted by molar-refractivity contribution is 0.0690. The molecule has 0 aromatic carbocycles. The fourth-order valence-corrected chi connectivity index (χ4v) is 2.10. The second-order valence-corrected chi connectivity index (χ2v) is 5.80. The van der Waals surface area contributed by atoms with Gasteiger partial charge in [0.1, 0.15) is 5.82 Å². The van der Waals surface area contributed by atoms with E-state index in [0.717, 1.165) is 11.1 Å². The normalized spacial score (nSPS) is 10.8. The van der Waals surface area contributed by atoms with Crippen molar-refractivity contribution in [2.75, 3.05) is 11.4 Å². The molecule has 0 aliphatic heterocycles. The van der Waals surface area contributed by atoms with Crippen LogP contribution in [-0.2, 0) is 6.54 Å². The Morgan fingerprint density at radius 1 is 1.35 bits per heavy atom. The second kappa shape index (κ2) is 7.04. The van der Waals surface area contributed by atoms with Crippen molar-refractivity contribution >= 4 is 11.8 Å². The van der Waals surface area contributed by atoms with Gasteiger partial charge in [0.05, 0.1) is 18.6 Å². The standard InChI is InChI=1S/C16H21N5O2/c1-11(2)8-20(9-13-5-19-21(10-13)12(3)4)15-7-17-14(6-18-15)16(22)23/h5-7,10,12H,1,8-9H2,2-4H3,(H,22,23). The molecule has 7 nitrogen and oxygen atoms in total. The van der Waals surface area contributed by atoms with Gasteiger partial charge in [-0.25, -0.2) is 14.8 Å². The molecular weight excluding hydrogens is 294 g/mol. The maximum absolute atomic E-state index is 10.9. The Bertz CT molecular complexity index is 691. The van der Waals surface area contributed by atoms with Crippen molar-refractivity contribution < 1.29 is 9.90 Å². The quantitative estimate of drug-likeness (QED) is 0.790. The van der Waals surface area contributed by atoms with Crippen LogP contribution in [-0.4, -0.2) is 37.4 Å². The Hall–Kier alpha value is -2.70. The van der Waals surface area contributed by atoms with Crippen molar-refractivity contribution in [3.8, 4) is 0 Å². The van der Waals surface area contributed by atoms with Crippen LogP contribution in [0.25, 0.3) is 0 Å². The van der Waals surface area contributed by atoms with Crippen LogP contribution in [0.2, 0.25) is 0 Å². The molecule has 0 unspecified atom stereocenters. The maximum Gasteiger partial charge on any atom is 0.356 e. The molecule has 2 rings (SSSR count). The molecule has 2 heterocycles. The summed E-state index contributed by atoms with van der Waals surface area (Å²) in [7, 11) is 0. The monoisotopic (exact) mass is 315 g/mol. The predicted molar refractivity (Wildman–Crippen MR) is 87.5 cm³/mol. The topological polar surface area (TPSA) is 84.1 Å². The molecule has 0 amide bonds. The van der Waals surface area contributed by atoms with Crippen molar-refractivity contribution in [2.45, 2.75) is 33.4 Å². The van der Waals surface area contributed by atoms with Crippen LogP contribution < -0.4 is 4.90 Å². The minimum Gasteiger partial charge on any atom is -0.476 e. The average molecular weight is 315 g/mol. The number of aromatic nitrogens is 4. The van der Waals surface area contributed by atoms with E-state index in [1.807, 2.05) is 28.9 Å².